The number of aromatic nitrogens is 1. The third-order valence-corrected chi connectivity index (χ3v) is 3.29. The normalized spacial score (nSPS) is 10.1. The molecule has 0 saturated carbocycles. The standard InChI is InChI=1S/C15H16BrN3O/c1-2-17-14-13(4-3-9-18-14)15(20)19-10-11-5-7-12(16)8-6-11/h3-9H,2,10H2,1H3,(H,17,18)(H,19,20). The molecular weight excluding hydrogens is 318 g/mol. The second-order valence-corrected chi connectivity index (χ2v) is 5.15. The fourth-order valence-corrected chi connectivity index (χ4v) is 2.04. The first-order chi connectivity index (χ1) is 9.70. The quantitative estimate of drug-likeness (QED) is 0.883. The van der Waals surface area contributed by atoms with Crippen molar-refractivity contribution in [1.82, 2.24) is 10.3 Å². The second kappa shape index (κ2) is 7.05. The Balaban J connectivity index is 2.03. The van der Waals surface area contributed by atoms with Gasteiger partial charge in [-0.05, 0) is 36.8 Å². The lowest BCUT2D eigenvalue weighted by molar-refractivity contribution is 0.0951. The van der Waals surface area contributed by atoms with Crippen molar-refractivity contribution in [2.24, 2.45) is 0 Å². The van der Waals surface area contributed by atoms with Crippen LogP contribution in [0.4, 0.5) is 5.82 Å². The van der Waals surface area contributed by atoms with Gasteiger partial charge in [-0.1, -0.05) is 28.1 Å². The molecule has 1 heterocycles. The minimum Gasteiger partial charge on any atom is -0.370 e. The van der Waals surface area contributed by atoms with E-state index in [1.54, 1.807) is 18.3 Å². The number of carbonyl (C=O) groups is 1. The molecule has 0 unspecified atom stereocenters. The van der Waals surface area contributed by atoms with Crippen LogP contribution in [0.15, 0.2) is 47.1 Å². The van der Waals surface area contributed by atoms with Crippen LogP contribution in [0.25, 0.3) is 0 Å². The zero-order chi connectivity index (χ0) is 14.4. The van der Waals surface area contributed by atoms with E-state index in [1.165, 1.54) is 0 Å². The monoisotopic (exact) mass is 333 g/mol. The van der Waals surface area contributed by atoms with Crippen molar-refractivity contribution < 1.29 is 4.79 Å². The van der Waals surface area contributed by atoms with E-state index in [2.05, 4.69) is 31.5 Å². The van der Waals surface area contributed by atoms with Crippen LogP contribution in [-0.4, -0.2) is 17.4 Å². The maximum Gasteiger partial charge on any atom is 0.255 e. The lowest BCUT2D eigenvalue weighted by atomic mass is 10.2. The van der Waals surface area contributed by atoms with Crippen molar-refractivity contribution in [2.75, 3.05) is 11.9 Å². The van der Waals surface area contributed by atoms with Crippen LogP contribution in [0.1, 0.15) is 22.8 Å². The number of nitrogens with zero attached hydrogens (tertiary/aromatic N) is 1. The van der Waals surface area contributed by atoms with Gasteiger partial charge in [0.15, 0.2) is 0 Å². The van der Waals surface area contributed by atoms with E-state index in [1.807, 2.05) is 31.2 Å². The third kappa shape index (κ3) is 3.81. The number of rotatable bonds is 5. The van der Waals surface area contributed by atoms with Crippen LogP contribution >= 0.6 is 15.9 Å². The summed E-state index contributed by atoms with van der Waals surface area (Å²) in [5, 5.41) is 5.98. The lowest BCUT2D eigenvalue weighted by Crippen LogP contribution is -2.24. The van der Waals surface area contributed by atoms with Gasteiger partial charge >= 0.3 is 0 Å². The first kappa shape index (κ1) is 14.5. The fourth-order valence-electron chi connectivity index (χ4n) is 1.78. The highest BCUT2D eigenvalue weighted by molar-refractivity contribution is 9.10. The molecule has 20 heavy (non-hydrogen) atoms. The Morgan fingerprint density at radius 2 is 2.00 bits per heavy atom. The molecule has 2 N–H and O–H groups in total. The molecule has 0 aliphatic rings. The number of pyridine rings is 1. The van der Waals surface area contributed by atoms with Crippen molar-refractivity contribution in [3.8, 4) is 0 Å². The molecule has 0 aliphatic carbocycles. The highest BCUT2D eigenvalue weighted by atomic mass is 79.9. The second-order valence-electron chi connectivity index (χ2n) is 4.24. The van der Waals surface area contributed by atoms with Crippen molar-refractivity contribution >= 4 is 27.7 Å². The van der Waals surface area contributed by atoms with Gasteiger partial charge in [0.05, 0.1) is 5.56 Å². The Labute approximate surface area is 126 Å². The zero-order valence-electron chi connectivity index (χ0n) is 11.2. The minimum absolute atomic E-state index is 0.128. The summed E-state index contributed by atoms with van der Waals surface area (Å²) in [7, 11) is 0. The zero-order valence-corrected chi connectivity index (χ0v) is 12.8. The van der Waals surface area contributed by atoms with Crippen LogP contribution in [0.3, 0.4) is 0 Å². The molecule has 0 atom stereocenters. The molecule has 104 valence electrons. The fraction of sp³-hybridized carbons (Fsp3) is 0.200. The molecule has 0 saturated heterocycles. The molecular formula is C15H16BrN3O. The molecule has 2 aromatic rings. The Bertz CT molecular complexity index is 584. The molecule has 0 radical (unpaired) electrons. The number of anilines is 1. The van der Waals surface area contributed by atoms with E-state index in [4.69, 9.17) is 0 Å². The smallest absolute Gasteiger partial charge is 0.255 e. The SMILES string of the molecule is CCNc1ncccc1C(=O)NCc1ccc(Br)cc1. The first-order valence-corrected chi connectivity index (χ1v) is 7.21. The van der Waals surface area contributed by atoms with Crippen molar-refractivity contribution in [1.29, 1.82) is 0 Å². The van der Waals surface area contributed by atoms with E-state index in [9.17, 15) is 4.79 Å². The average molecular weight is 334 g/mol. The van der Waals surface area contributed by atoms with Crippen LogP contribution in [0, 0.1) is 0 Å². The van der Waals surface area contributed by atoms with E-state index in [0.717, 1.165) is 16.6 Å². The lowest BCUT2D eigenvalue weighted by Gasteiger charge is -2.10. The molecule has 0 aliphatic heterocycles. The van der Waals surface area contributed by atoms with E-state index in [0.29, 0.717) is 17.9 Å². The summed E-state index contributed by atoms with van der Waals surface area (Å²) < 4.78 is 1.02. The molecule has 5 heteroatoms. The Kier molecular flexibility index (Phi) is 5.12. The van der Waals surface area contributed by atoms with Gasteiger partial charge in [0.25, 0.3) is 5.91 Å². The number of carbonyl (C=O) groups excluding carboxylic acids is 1. The predicted molar refractivity (Wildman–Crippen MR) is 83.7 cm³/mol. The Morgan fingerprint density at radius 3 is 2.70 bits per heavy atom. The maximum absolute atomic E-state index is 12.2. The summed E-state index contributed by atoms with van der Waals surface area (Å²) in [6.45, 7) is 3.19. The number of hydrogen-bond acceptors (Lipinski definition) is 3. The molecule has 1 amide bonds. The Hall–Kier alpha value is -1.88. The summed E-state index contributed by atoms with van der Waals surface area (Å²) in [5.74, 6) is 0.486. The molecule has 0 spiro atoms. The topological polar surface area (TPSA) is 54.0 Å². The van der Waals surface area contributed by atoms with Crippen molar-refractivity contribution in [2.45, 2.75) is 13.5 Å². The number of hydrogen-bond donors (Lipinski definition) is 2. The van der Waals surface area contributed by atoms with Gasteiger partial charge in [-0.15, -0.1) is 0 Å². The van der Waals surface area contributed by atoms with E-state index >= 15 is 0 Å². The van der Waals surface area contributed by atoms with Crippen molar-refractivity contribution in [3.63, 3.8) is 0 Å². The van der Waals surface area contributed by atoms with E-state index in [-0.39, 0.29) is 5.91 Å². The molecule has 1 aromatic heterocycles. The number of amides is 1. The summed E-state index contributed by atoms with van der Waals surface area (Å²) in [6.07, 6.45) is 1.67. The average Bonchev–Trinajstić information content (AvgIpc) is 2.47. The van der Waals surface area contributed by atoms with Crippen LogP contribution < -0.4 is 10.6 Å². The summed E-state index contributed by atoms with van der Waals surface area (Å²) in [6, 6.07) is 11.4. The number of halogens is 1. The van der Waals surface area contributed by atoms with Gasteiger partial charge in [-0.25, -0.2) is 4.98 Å². The molecule has 1 aromatic carbocycles. The van der Waals surface area contributed by atoms with Crippen molar-refractivity contribution in [3.05, 3.63) is 58.2 Å². The highest BCUT2D eigenvalue weighted by Crippen LogP contribution is 2.12. The van der Waals surface area contributed by atoms with Gasteiger partial charge in [0, 0.05) is 23.8 Å². The van der Waals surface area contributed by atoms with Gasteiger partial charge in [-0.3, -0.25) is 4.79 Å². The third-order valence-electron chi connectivity index (χ3n) is 2.76. The largest absolute Gasteiger partial charge is 0.370 e. The van der Waals surface area contributed by atoms with Crippen LogP contribution in [0.2, 0.25) is 0 Å². The van der Waals surface area contributed by atoms with E-state index < -0.39 is 0 Å². The number of nitrogens with one attached hydrogen (secondary N) is 2. The Morgan fingerprint density at radius 1 is 1.25 bits per heavy atom. The number of benzene rings is 1. The highest BCUT2D eigenvalue weighted by Gasteiger charge is 2.11. The minimum atomic E-state index is -0.128. The first-order valence-electron chi connectivity index (χ1n) is 6.42. The summed E-state index contributed by atoms with van der Waals surface area (Å²) in [4.78, 5) is 16.4. The van der Waals surface area contributed by atoms with Gasteiger partial charge in [0.1, 0.15) is 5.82 Å². The molecule has 2 rings (SSSR count). The van der Waals surface area contributed by atoms with Crippen LogP contribution in [0.5, 0.6) is 0 Å². The van der Waals surface area contributed by atoms with Crippen LogP contribution in [-0.2, 0) is 6.54 Å². The molecule has 0 fully saturated rings. The molecule has 4 nitrogen and oxygen atoms in total. The van der Waals surface area contributed by atoms with Gasteiger partial charge < -0.3 is 10.6 Å². The summed E-state index contributed by atoms with van der Waals surface area (Å²) >= 11 is 3.39. The molecule has 0 bridgehead atoms. The predicted octanol–water partition coefficient (Wildman–Crippen LogP) is 3.21. The maximum atomic E-state index is 12.2. The summed E-state index contributed by atoms with van der Waals surface area (Å²) in [5.41, 5.74) is 1.61. The van der Waals surface area contributed by atoms with Gasteiger partial charge in [-0.2, -0.15) is 0 Å². The van der Waals surface area contributed by atoms with Gasteiger partial charge in [0.2, 0.25) is 0 Å².